The fourth-order valence-electron chi connectivity index (χ4n) is 4.53. The molecule has 8 nitrogen and oxygen atoms in total. The van der Waals surface area contributed by atoms with Crippen molar-refractivity contribution in [3.8, 4) is 5.75 Å². The molecule has 1 spiro atoms. The number of benzene rings is 2. The van der Waals surface area contributed by atoms with E-state index in [1.54, 1.807) is 24.0 Å². The highest BCUT2D eigenvalue weighted by atomic mass is 19.1. The second kappa shape index (κ2) is 8.35. The number of nitrogens with zero attached hydrogens (tertiary/aromatic N) is 4. The standard InChI is InChI=1S/C24H25F2N5O3/c1-14-4-5-16(25)21(20(14)26)29-22-15-10-18(19(33-3)11-17(15)27-13-28-22)31-12-24(34-23(31)32)6-8-30(2)9-7-24/h4-5,10-11,13H,6-9,12H2,1-3H3,(H,27,28,29). The second-order valence-corrected chi connectivity index (χ2v) is 8.88. The van der Waals surface area contributed by atoms with Crippen LogP contribution >= 0.6 is 0 Å². The van der Waals surface area contributed by atoms with Crippen LogP contribution in [0.1, 0.15) is 18.4 Å². The van der Waals surface area contributed by atoms with Crippen LogP contribution in [0.3, 0.4) is 0 Å². The third kappa shape index (κ3) is 3.77. The molecule has 1 N–H and O–H groups in total. The van der Waals surface area contributed by atoms with Gasteiger partial charge in [0.2, 0.25) is 0 Å². The largest absolute Gasteiger partial charge is 0.494 e. The number of ether oxygens (including phenoxy) is 2. The van der Waals surface area contributed by atoms with Crippen molar-refractivity contribution in [3.63, 3.8) is 0 Å². The fourth-order valence-corrected chi connectivity index (χ4v) is 4.53. The summed E-state index contributed by atoms with van der Waals surface area (Å²) in [7, 11) is 3.55. The first-order valence-corrected chi connectivity index (χ1v) is 11.0. The first-order chi connectivity index (χ1) is 16.3. The molecule has 0 saturated carbocycles. The van der Waals surface area contributed by atoms with Crippen molar-refractivity contribution >= 4 is 34.2 Å². The molecule has 2 aromatic carbocycles. The molecule has 3 aromatic rings. The highest BCUT2D eigenvalue weighted by Crippen LogP contribution is 2.41. The summed E-state index contributed by atoms with van der Waals surface area (Å²) in [4.78, 5) is 25.2. The lowest BCUT2D eigenvalue weighted by Crippen LogP contribution is -2.45. The monoisotopic (exact) mass is 469 g/mol. The summed E-state index contributed by atoms with van der Waals surface area (Å²) in [6.07, 6.45) is 2.32. The first-order valence-electron chi connectivity index (χ1n) is 11.0. The predicted molar refractivity (Wildman–Crippen MR) is 124 cm³/mol. The van der Waals surface area contributed by atoms with Crippen LogP contribution in [0.15, 0.2) is 30.6 Å². The van der Waals surface area contributed by atoms with Gasteiger partial charge in [-0.3, -0.25) is 4.90 Å². The molecular formula is C24H25F2N5O3. The number of aryl methyl sites for hydroxylation is 1. The summed E-state index contributed by atoms with van der Waals surface area (Å²) in [5.41, 5.74) is 0.425. The molecule has 2 fully saturated rings. The lowest BCUT2D eigenvalue weighted by atomic mass is 9.91. The van der Waals surface area contributed by atoms with Gasteiger partial charge in [0.05, 0.1) is 24.9 Å². The highest BCUT2D eigenvalue weighted by molar-refractivity contribution is 6.00. The fraction of sp³-hybridized carbons (Fsp3) is 0.375. The molecule has 1 amide bonds. The number of piperidine rings is 1. The Morgan fingerprint density at radius 3 is 2.68 bits per heavy atom. The topological polar surface area (TPSA) is 79.8 Å². The molecule has 10 heteroatoms. The Morgan fingerprint density at radius 1 is 1.18 bits per heavy atom. The number of hydrogen-bond acceptors (Lipinski definition) is 7. The van der Waals surface area contributed by atoms with Crippen LogP contribution in [0.25, 0.3) is 10.9 Å². The molecule has 0 radical (unpaired) electrons. The molecule has 2 saturated heterocycles. The summed E-state index contributed by atoms with van der Waals surface area (Å²) >= 11 is 0. The van der Waals surface area contributed by atoms with E-state index in [2.05, 4.69) is 20.2 Å². The number of likely N-dealkylation sites (tertiary alicyclic amines) is 1. The van der Waals surface area contributed by atoms with Gasteiger partial charge < -0.3 is 19.7 Å². The van der Waals surface area contributed by atoms with E-state index in [1.165, 1.54) is 25.6 Å². The molecule has 34 heavy (non-hydrogen) atoms. The summed E-state index contributed by atoms with van der Waals surface area (Å²) < 4.78 is 40.4. The van der Waals surface area contributed by atoms with E-state index < -0.39 is 23.3 Å². The molecule has 0 bridgehead atoms. The van der Waals surface area contributed by atoms with E-state index in [0.717, 1.165) is 25.9 Å². The Hall–Kier alpha value is -3.53. The number of methoxy groups -OCH3 is 1. The Kier molecular flexibility index (Phi) is 5.47. The Labute approximate surface area is 195 Å². The van der Waals surface area contributed by atoms with E-state index in [-0.39, 0.29) is 11.5 Å². The van der Waals surface area contributed by atoms with E-state index in [1.807, 2.05) is 7.05 Å². The lowest BCUT2D eigenvalue weighted by molar-refractivity contribution is 0.00678. The normalized spacial score (nSPS) is 17.9. The molecule has 0 aliphatic carbocycles. The van der Waals surface area contributed by atoms with Gasteiger partial charge in [-0.05, 0) is 31.7 Å². The summed E-state index contributed by atoms with van der Waals surface area (Å²) in [5.74, 6) is -0.797. The zero-order valence-corrected chi connectivity index (χ0v) is 19.2. The number of hydrogen-bond donors (Lipinski definition) is 1. The van der Waals surface area contributed by atoms with Gasteiger partial charge in [-0.15, -0.1) is 0 Å². The molecule has 0 unspecified atom stereocenters. The molecular weight excluding hydrogens is 444 g/mol. The second-order valence-electron chi connectivity index (χ2n) is 8.88. The van der Waals surface area contributed by atoms with Crippen molar-refractivity contribution in [1.82, 2.24) is 14.9 Å². The zero-order chi connectivity index (χ0) is 24.0. The van der Waals surface area contributed by atoms with E-state index in [4.69, 9.17) is 9.47 Å². The van der Waals surface area contributed by atoms with Crippen LogP contribution in [0.2, 0.25) is 0 Å². The van der Waals surface area contributed by atoms with Crippen molar-refractivity contribution in [2.45, 2.75) is 25.4 Å². The average Bonchev–Trinajstić information content (AvgIpc) is 3.16. The Morgan fingerprint density at radius 2 is 1.94 bits per heavy atom. The number of aromatic nitrogens is 2. The minimum atomic E-state index is -0.740. The van der Waals surface area contributed by atoms with Gasteiger partial charge in [0, 0.05) is 37.4 Å². The Bertz CT molecular complexity index is 1280. The van der Waals surface area contributed by atoms with Crippen molar-refractivity contribution in [2.24, 2.45) is 0 Å². The SMILES string of the molecule is COc1cc2ncnc(Nc3c(F)ccc(C)c3F)c2cc1N1CC2(CCN(C)CC2)OC1=O. The highest BCUT2D eigenvalue weighted by Gasteiger charge is 2.47. The minimum Gasteiger partial charge on any atom is -0.494 e. The van der Waals surface area contributed by atoms with Gasteiger partial charge in [-0.1, -0.05) is 6.07 Å². The van der Waals surface area contributed by atoms with Crippen molar-refractivity contribution in [3.05, 3.63) is 47.8 Å². The third-order valence-electron chi connectivity index (χ3n) is 6.62. The number of nitrogens with one attached hydrogen (secondary N) is 1. The summed E-state index contributed by atoms with van der Waals surface area (Å²) in [5, 5.41) is 3.25. The maximum atomic E-state index is 14.6. The summed E-state index contributed by atoms with van der Waals surface area (Å²) in [6.45, 7) is 3.62. The van der Waals surface area contributed by atoms with Crippen molar-refractivity contribution in [1.29, 1.82) is 0 Å². The van der Waals surface area contributed by atoms with Gasteiger partial charge in [-0.2, -0.15) is 0 Å². The van der Waals surface area contributed by atoms with Crippen molar-refractivity contribution < 1.29 is 23.0 Å². The molecule has 178 valence electrons. The lowest BCUT2D eigenvalue weighted by Gasteiger charge is -2.35. The number of amides is 1. The van der Waals surface area contributed by atoms with Gasteiger partial charge in [0.25, 0.3) is 0 Å². The van der Waals surface area contributed by atoms with Crippen molar-refractivity contribution in [2.75, 3.05) is 44.0 Å². The summed E-state index contributed by atoms with van der Waals surface area (Å²) in [6, 6.07) is 5.93. The van der Waals surface area contributed by atoms with E-state index in [9.17, 15) is 13.6 Å². The van der Waals surface area contributed by atoms with Crippen LogP contribution in [-0.4, -0.2) is 60.4 Å². The predicted octanol–water partition coefficient (Wildman–Crippen LogP) is 4.39. The molecule has 3 heterocycles. The minimum absolute atomic E-state index is 0.207. The van der Waals surface area contributed by atoms with Crippen LogP contribution in [0, 0.1) is 18.6 Å². The maximum Gasteiger partial charge on any atom is 0.415 e. The number of anilines is 3. The molecule has 5 rings (SSSR count). The Balaban J connectivity index is 1.56. The van der Waals surface area contributed by atoms with Crippen LogP contribution in [-0.2, 0) is 4.74 Å². The number of carbonyl (C=O) groups excluding carboxylic acids is 1. The van der Waals surface area contributed by atoms with Crippen LogP contribution in [0.4, 0.5) is 30.8 Å². The van der Waals surface area contributed by atoms with Gasteiger partial charge in [0.1, 0.15) is 35.0 Å². The molecule has 1 aromatic heterocycles. The quantitative estimate of drug-likeness (QED) is 0.607. The van der Waals surface area contributed by atoms with Gasteiger partial charge in [0.15, 0.2) is 5.82 Å². The first kappa shape index (κ1) is 22.3. The molecule has 2 aliphatic rings. The van der Waals surface area contributed by atoms with Crippen LogP contribution in [0.5, 0.6) is 5.75 Å². The zero-order valence-electron chi connectivity index (χ0n) is 19.2. The van der Waals surface area contributed by atoms with E-state index >= 15 is 0 Å². The smallest absolute Gasteiger partial charge is 0.415 e. The maximum absolute atomic E-state index is 14.6. The number of carbonyl (C=O) groups is 1. The third-order valence-corrected chi connectivity index (χ3v) is 6.62. The molecule has 2 aliphatic heterocycles. The molecule has 0 atom stereocenters. The van der Waals surface area contributed by atoms with Gasteiger partial charge >= 0.3 is 6.09 Å². The number of rotatable bonds is 4. The van der Waals surface area contributed by atoms with Gasteiger partial charge in [-0.25, -0.2) is 23.5 Å². The number of fused-ring (bicyclic) bond motifs is 1. The van der Waals surface area contributed by atoms with Crippen LogP contribution < -0.4 is 15.0 Å². The number of halogens is 2. The van der Waals surface area contributed by atoms with E-state index in [0.29, 0.717) is 34.4 Å². The average molecular weight is 469 g/mol.